The third-order valence-corrected chi connectivity index (χ3v) is 6.98. The minimum atomic E-state index is -3.83. The third kappa shape index (κ3) is 5.34. The van der Waals surface area contributed by atoms with Gasteiger partial charge in [0.2, 0.25) is 15.9 Å². The lowest BCUT2D eigenvalue weighted by Crippen LogP contribution is -2.43. The molecule has 1 saturated heterocycles. The predicted molar refractivity (Wildman–Crippen MR) is 111 cm³/mol. The third-order valence-electron chi connectivity index (χ3n) is 4.92. The number of benzene rings is 2. The summed E-state index contributed by atoms with van der Waals surface area (Å²) in [6, 6.07) is 15.4. The van der Waals surface area contributed by atoms with E-state index in [4.69, 9.17) is 11.6 Å². The molecule has 1 fully saturated rings. The molecule has 0 saturated carbocycles. The van der Waals surface area contributed by atoms with Crippen LogP contribution in [0.1, 0.15) is 31.2 Å². The fourth-order valence-electron chi connectivity index (χ4n) is 3.34. The van der Waals surface area contributed by atoms with E-state index in [1.54, 1.807) is 17.0 Å². The molecule has 2 aromatic rings. The highest BCUT2D eigenvalue weighted by molar-refractivity contribution is 7.89. The van der Waals surface area contributed by atoms with Gasteiger partial charge in [0.1, 0.15) is 0 Å². The van der Waals surface area contributed by atoms with Crippen LogP contribution in [0, 0.1) is 0 Å². The van der Waals surface area contributed by atoms with Crippen LogP contribution in [0.15, 0.2) is 59.5 Å². The van der Waals surface area contributed by atoms with Crippen LogP contribution in [0.25, 0.3) is 0 Å². The number of hydrogen-bond donors (Lipinski definition) is 0. The first-order valence-corrected chi connectivity index (χ1v) is 11.4. The maximum Gasteiger partial charge on any atom is 0.243 e. The Morgan fingerprint density at radius 2 is 1.54 bits per heavy atom. The number of sulfonamides is 1. The normalized spacial score (nSPS) is 15.4. The molecule has 28 heavy (non-hydrogen) atoms. The molecule has 150 valence electrons. The van der Waals surface area contributed by atoms with E-state index in [1.807, 2.05) is 30.3 Å². The quantitative estimate of drug-likeness (QED) is 0.711. The standard InChI is InChI=1S/C21H25ClN2O3S/c22-19-10-12-20(13-11-19)28(26,27)24(16-18-8-4-3-5-9-18)17-21(25)23-14-6-1-2-7-15-23/h3-5,8-13H,1-2,6-7,14-17H2. The number of amides is 1. The van der Waals surface area contributed by atoms with Crippen molar-refractivity contribution in [3.8, 4) is 0 Å². The zero-order valence-electron chi connectivity index (χ0n) is 15.8. The SMILES string of the molecule is O=C(CN(Cc1ccccc1)S(=O)(=O)c1ccc(Cl)cc1)N1CCCCCC1. The topological polar surface area (TPSA) is 57.7 Å². The zero-order chi connectivity index (χ0) is 20.0. The molecule has 0 aromatic heterocycles. The molecule has 0 spiro atoms. The van der Waals surface area contributed by atoms with E-state index in [0.29, 0.717) is 18.1 Å². The first kappa shape index (κ1) is 20.8. The molecule has 2 aromatic carbocycles. The van der Waals surface area contributed by atoms with E-state index in [-0.39, 0.29) is 23.9 Å². The second-order valence-corrected chi connectivity index (χ2v) is 9.38. The Kier molecular flexibility index (Phi) is 7.10. The van der Waals surface area contributed by atoms with Crippen molar-refractivity contribution in [3.05, 3.63) is 65.2 Å². The van der Waals surface area contributed by atoms with Crippen LogP contribution in [0.4, 0.5) is 0 Å². The fraction of sp³-hybridized carbons (Fsp3) is 0.381. The molecule has 3 rings (SSSR count). The molecule has 1 aliphatic rings. The van der Waals surface area contributed by atoms with Crippen molar-refractivity contribution in [3.63, 3.8) is 0 Å². The molecule has 0 N–H and O–H groups in total. The van der Waals surface area contributed by atoms with Crippen LogP contribution in [-0.4, -0.2) is 43.2 Å². The fourth-order valence-corrected chi connectivity index (χ4v) is 4.84. The summed E-state index contributed by atoms with van der Waals surface area (Å²) in [5.41, 5.74) is 0.837. The van der Waals surface area contributed by atoms with Crippen molar-refractivity contribution in [1.29, 1.82) is 0 Å². The van der Waals surface area contributed by atoms with Crippen LogP contribution in [-0.2, 0) is 21.4 Å². The largest absolute Gasteiger partial charge is 0.342 e. The first-order valence-electron chi connectivity index (χ1n) is 9.54. The van der Waals surface area contributed by atoms with Crippen molar-refractivity contribution in [2.24, 2.45) is 0 Å². The van der Waals surface area contributed by atoms with Gasteiger partial charge in [0.05, 0.1) is 11.4 Å². The van der Waals surface area contributed by atoms with Crippen molar-refractivity contribution in [2.45, 2.75) is 37.1 Å². The minimum Gasteiger partial charge on any atom is -0.342 e. The van der Waals surface area contributed by atoms with Crippen LogP contribution < -0.4 is 0 Å². The molecule has 0 bridgehead atoms. The van der Waals surface area contributed by atoms with E-state index in [1.165, 1.54) is 16.4 Å². The first-order chi connectivity index (χ1) is 13.5. The van der Waals surface area contributed by atoms with Crippen LogP contribution in [0.5, 0.6) is 0 Å². The number of hydrogen-bond acceptors (Lipinski definition) is 3. The van der Waals surface area contributed by atoms with E-state index in [9.17, 15) is 13.2 Å². The molecule has 0 atom stereocenters. The van der Waals surface area contributed by atoms with Gasteiger partial charge >= 0.3 is 0 Å². The van der Waals surface area contributed by atoms with E-state index >= 15 is 0 Å². The van der Waals surface area contributed by atoms with Gasteiger partial charge in [0.25, 0.3) is 0 Å². The Balaban J connectivity index is 1.85. The summed E-state index contributed by atoms with van der Waals surface area (Å²) in [7, 11) is -3.83. The molecule has 1 heterocycles. The number of carbonyl (C=O) groups excluding carboxylic acids is 1. The average molecular weight is 421 g/mol. The van der Waals surface area contributed by atoms with Gasteiger partial charge in [-0.2, -0.15) is 4.31 Å². The maximum absolute atomic E-state index is 13.2. The van der Waals surface area contributed by atoms with Gasteiger partial charge in [-0.25, -0.2) is 8.42 Å². The van der Waals surface area contributed by atoms with Crippen molar-refractivity contribution in [2.75, 3.05) is 19.6 Å². The summed E-state index contributed by atoms with van der Waals surface area (Å²) in [5.74, 6) is -0.143. The Labute approximate surface area is 172 Å². The highest BCUT2D eigenvalue weighted by atomic mass is 35.5. The van der Waals surface area contributed by atoms with Gasteiger partial charge in [-0.3, -0.25) is 4.79 Å². The van der Waals surface area contributed by atoms with E-state index in [0.717, 1.165) is 31.2 Å². The van der Waals surface area contributed by atoms with Gasteiger partial charge < -0.3 is 4.90 Å². The Morgan fingerprint density at radius 1 is 0.929 bits per heavy atom. The van der Waals surface area contributed by atoms with Crippen molar-refractivity contribution in [1.82, 2.24) is 9.21 Å². The monoisotopic (exact) mass is 420 g/mol. The van der Waals surface area contributed by atoms with Crippen molar-refractivity contribution < 1.29 is 13.2 Å². The molecule has 0 aliphatic carbocycles. The van der Waals surface area contributed by atoms with Crippen LogP contribution >= 0.6 is 11.6 Å². The smallest absolute Gasteiger partial charge is 0.243 e. The zero-order valence-corrected chi connectivity index (χ0v) is 17.3. The lowest BCUT2D eigenvalue weighted by atomic mass is 10.2. The number of halogens is 1. The summed E-state index contributed by atoms with van der Waals surface area (Å²) in [6.07, 6.45) is 4.16. The summed E-state index contributed by atoms with van der Waals surface area (Å²) in [5, 5.41) is 0.467. The molecular formula is C21H25ClN2O3S. The molecule has 5 nitrogen and oxygen atoms in total. The lowest BCUT2D eigenvalue weighted by Gasteiger charge is -2.26. The van der Waals surface area contributed by atoms with Gasteiger partial charge in [-0.05, 0) is 42.7 Å². The number of likely N-dealkylation sites (tertiary alicyclic amines) is 1. The summed E-state index contributed by atoms with van der Waals surface area (Å²) >= 11 is 5.90. The molecule has 1 amide bonds. The Hall–Kier alpha value is -1.89. The molecular weight excluding hydrogens is 396 g/mol. The highest BCUT2D eigenvalue weighted by Crippen LogP contribution is 2.21. The maximum atomic E-state index is 13.2. The average Bonchev–Trinajstić information content (AvgIpc) is 2.98. The van der Waals surface area contributed by atoms with Crippen LogP contribution in [0.3, 0.4) is 0 Å². The van der Waals surface area contributed by atoms with E-state index in [2.05, 4.69) is 0 Å². The second kappa shape index (κ2) is 9.54. The van der Waals surface area contributed by atoms with Gasteiger partial charge in [-0.1, -0.05) is 54.8 Å². The highest BCUT2D eigenvalue weighted by Gasteiger charge is 2.29. The predicted octanol–water partition coefficient (Wildman–Crippen LogP) is 3.93. The molecule has 7 heteroatoms. The Morgan fingerprint density at radius 3 is 2.14 bits per heavy atom. The molecule has 0 unspecified atom stereocenters. The molecule has 0 radical (unpaired) electrons. The van der Waals surface area contributed by atoms with Crippen molar-refractivity contribution >= 4 is 27.5 Å². The van der Waals surface area contributed by atoms with Crippen LogP contribution in [0.2, 0.25) is 5.02 Å². The van der Waals surface area contributed by atoms with Gasteiger partial charge in [-0.15, -0.1) is 0 Å². The summed E-state index contributed by atoms with van der Waals surface area (Å²) in [4.78, 5) is 14.8. The van der Waals surface area contributed by atoms with Gasteiger partial charge in [0.15, 0.2) is 0 Å². The summed E-state index contributed by atoms with van der Waals surface area (Å²) in [6.45, 7) is 1.36. The Bertz CT molecular complexity index is 878. The number of rotatable bonds is 6. The molecule has 1 aliphatic heterocycles. The van der Waals surface area contributed by atoms with E-state index < -0.39 is 10.0 Å². The number of nitrogens with zero attached hydrogens (tertiary/aromatic N) is 2. The lowest BCUT2D eigenvalue weighted by molar-refractivity contribution is -0.131. The number of carbonyl (C=O) groups is 1. The minimum absolute atomic E-state index is 0.136. The van der Waals surface area contributed by atoms with Gasteiger partial charge in [0, 0.05) is 24.7 Å². The second-order valence-electron chi connectivity index (χ2n) is 7.01. The summed E-state index contributed by atoms with van der Waals surface area (Å²) < 4.78 is 27.8.